The standard InChI is InChI=1S/C15H16Cl2N2O4/c1-2-23-13(20)8-12-14(21)18-5-6-19(12)15(22)10-4-3-9(16)7-11(10)17/h3-4,7,12H,2,5-6,8H2,1H3,(H,18,21)/t12-/m1/s1. The Hall–Kier alpha value is -1.79. The van der Waals surface area contributed by atoms with Crippen LogP contribution in [0.2, 0.25) is 10.0 Å². The van der Waals surface area contributed by atoms with E-state index >= 15 is 0 Å². The third-order valence-corrected chi connectivity index (χ3v) is 3.97. The molecule has 0 spiro atoms. The van der Waals surface area contributed by atoms with E-state index < -0.39 is 17.9 Å². The van der Waals surface area contributed by atoms with Crippen LogP contribution in [0.4, 0.5) is 0 Å². The van der Waals surface area contributed by atoms with Crippen molar-refractivity contribution in [2.75, 3.05) is 19.7 Å². The SMILES string of the molecule is CCOC(=O)C[C@@H]1C(=O)NCCN1C(=O)c1ccc(Cl)cc1Cl. The quantitative estimate of drug-likeness (QED) is 0.833. The normalized spacial score (nSPS) is 17.6. The highest BCUT2D eigenvalue weighted by atomic mass is 35.5. The van der Waals surface area contributed by atoms with Crippen molar-refractivity contribution in [3.05, 3.63) is 33.8 Å². The van der Waals surface area contributed by atoms with E-state index in [1.165, 1.54) is 17.0 Å². The zero-order valence-electron chi connectivity index (χ0n) is 12.5. The molecule has 23 heavy (non-hydrogen) atoms. The zero-order valence-corrected chi connectivity index (χ0v) is 14.0. The summed E-state index contributed by atoms with van der Waals surface area (Å²) in [5, 5.41) is 3.25. The van der Waals surface area contributed by atoms with Gasteiger partial charge >= 0.3 is 5.97 Å². The van der Waals surface area contributed by atoms with Gasteiger partial charge in [-0.3, -0.25) is 14.4 Å². The summed E-state index contributed by atoms with van der Waals surface area (Å²) in [4.78, 5) is 37.8. The molecule has 8 heteroatoms. The number of benzene rings is 1. The lowest BCUT2D eigenvalue weighted by molar-refractivity contribution is -0.147. The van der Waals surface area contributed by atoms with Crippen LogP contribution in [0.25, 0.3) is 0 Å². The molecule has 2 amide bonds. The average molecular weight is 359 g/mol. The van der Waals surface area contributed by atoms with Crippen molar-refractivity contribution in [2.24, 2.45) is 0 Å². The first-order valence-corrected chi connectivity index (χ1v) is 7.89. The highest BCUT2D eigenvalue weighted by molar-refractivity contribution is 6.36. The van der Waals surface area contributed by atoms with Gasteiger partial charge in [-0.1, -0.05) is 23.2 Å². The fourth-order valence-corrected chi connectivity index (χ4v) is 2.85. The summed E-state index contributed by atoms with van der Waals surface area (Å²) in [7, 11) is 0. The van der Waals surface area contributed by atoms with Crippen molar-refractivity contribution in [3.8, 4) is 0 Å². The Bertz CT molecular complexity index is 636. The molecule has 1 heterocycles. The Morgan fingerprint density at radius 1 is 1.39 bits per heavy atom. The van der Waals surface area contributed by atoms with E-state index in [4.69, 9.17) is 27.9 Å². The van der Waals surface area contributed by atoms with E-state index in [2.05, 4.69) is 5.32 Å². The van der Waals surface area contributed by atoms with Crippen LogP contribution in [0.3, 0.4) is 0 Å². The van der Waals surface area contributed by atoms with E-state index in [0.29, 0.717) is 11.6 Å². The maximum Gasteiger partial charge on any atom is 0.308 e. The van der Waals surface area contributed by atoms with Crippen molar-refractivity contribution in [1.29, 1.82) is 0 Å². The Balaban J connectivity index is 2.24. The van der Waals surface area contributed by atoms with Crippen molar-refractivity contribution in [3.63, 3.8) is 0 Å². The van der Waals surface area contributed by atoms with Gasteiger partial charge in [0.2, 0.25) is 5.91 Å². The Kier molecular flexibility index (Phi) is 5.85. The van der Waals surface area contributed by atoms with Gasteiger partial charge in [0.15, 0.2) is 0 Å². The smallest absolute Gasteiger partial charge is 0.308 e. The lowest BCUT2D eigenvalue weighted by atomic mass is 10.1. The highest BCUT2D eigenvalue weighted by Crippen LogP contribution is 2.24. The molecular weight excluding hydrogens is 343 g/mol. The first kappa shape index (κ1) is 17.6. The predicted molar refractivity (Wildman–Crippen MR) is 85.5 cm³/mol. The molecule has 0 unspecified atom stereocenters. The van der Waals surface area contributed by atoms with E-state index in [9.17, 15) is 14.4 Å². The number of rotatable bonds is 4. The van der Waals surface area contributed by atoms with Crippen molar-refractivity contribution >= 4 is 41.0 Å². The van der Waals surface area contributed by atoms with Gasteiger partial charge < -0.3 is 15.0 Å². The fourth-order valence-electron chi connectivity index (χ4n) is 2.36. The maximum absolute atomic E-state index is 12.7. The minimum atomic E-state index is -0.915. The summed E-state index contributed by atoms with van der Waals surface area (Å²) in [6.07, 6.45) is -0.198. The van der Waals surface area contributed by atoms with Gasteiger partial charge in [0.1, 0.15) is 6.04 Å². The van der Waals surface area contributed by atoms with E-state index in [1.807, 2.05) is 0 Å². The molecule has 1 atom stereocenters. The van der Waals surface area contributed by atoms with Crippen LogP contribution in [0, 0.1) is 0 Å². The lowest BCUT2D eigenvalue weighted by Crippen LogP contribution is -2.57. The molecule has 0 radical (unpaired) electrons. The number of amides is 2. The van der Waals surface area contributed by atoms with Crippen LogP contribution in [0.15, 0.2) is 18.2 Å². The van der Waals surface area contributed by atoms with Crippen LogP contribution in [-0.4, -0.2) is 48.4 Å². The van der Waals surface area contributed by atoms with Crippen molar-refractivity contribution in [2.45, 2.75) is 19.4 Å². The van der Waals surface area contributed by atoms with E-state index in [1.54, 1.807) is 13.0 Å². The van der Waals surface area contributed by atoms with Gasteiger partial charge in [-0.05, 0) is 25.1 Å². The molecule has 1 aliphatic heterocycles. The second-order valence-electron chi connectivity index (χ2n) is 4.94. The molecule has 1 N–H and O–H groups in total. The maximum atomic E-state index is 12.7. The molecule has 0 saturated carbocycles. The monoisotopic (exact) mass is 358 g/mol. The minimum Gasteiger partial charge on any atom is -0.466 e. The number of nitrogens with one attached hydrogen (secondary N) is 1. The minimum absolute atomic E-state index is 0.198. The summed E-state index contributed by atoms with van der Waals surface area (Å²) in [5.74, 6) is -1.34. The van der Waals surface area contributed by atoms with Gasteiger partial charge in [0, 0.05) is 18.1 Å². The van der Waals surface area contributed by atoms with Crippen molar-refractivity contribution in [1.82, 2.24) is 10.2 Å². The van der Waals surface area contributed by atoms with E-state index in [0.717, 1.165) is 0 Å². The first-order chi connectivity index (χ1) is 10.9. The molecule has 6 nitrogen and oxygen atoms in total. The lowest BCUT2D eigenvalue weighted by Gasteiger charge is -2.34. The van der Waals surface area contributed by atoms with Crippen molar-refractivity contribution < 1.29 is 19.1 Å². The third kappa shape index (κ3) is 4.14. The number of carbonyl (C=O) groups excluding carboxylic acids is 3. The first-order valence-electron chi connectivity index (χ1n) is 7.13. The van der Waals surface area contributed by atoms with Crippen LogP contribution < -0.4 is 5.32 Å². The molecule has 1 aromatic rings. The fraction of sp³-hybridized carbons (Fsp3) is 0.400. The second kappa shape index (κ2) is 7.66. The summed E-state index contributed by atoms with van der Waals surface area (Å²) < 4.78 is 4.87. The summed E-state index contributed by atoms with van der Waals surface area (Å²) in [6, 6.07) is 3.59. The summed E-state index contributed by atoms with van der Waals surface area (Å²) in [5.41, 5.74) is 0.236. The number of ether oxygens (including phenoxy) is 1. The van der Waals surface area contributed by atoms with Crippen LogP contribution >= 0.6 is 23.2 Å². The molecule has 1 fully saturated rings. The Morgan fingerprint density at radius 2 is 2.13 bits per heavy atom. The van der Waals surface area contributed by atoms with Gasteiger partial charge in [-0.25, -0.2) is 0 Å². The molecule has 0 aliphatic carbocycles. The molecular formula is C15H16Cl2N2O4. The van der Waals surface area contributed by atoms with Crippen LogP contribution in [0.1, 0.15) is 23.7 Å². The average Bonchev–Trinajstić information content (AvgIpc) is 2.49. The van der Waals surface area contributed by atoms with Gasteiger partial charge in [-0.15, -0.1) is 0 Å². The molecule has 2 rings (SSSR count). The number of hydrogen-bond acceptors (Lipinski definition) is 4. The van der Waals surface area contributed by atoms with Gasteiger partial charge in [0.05, 0.1) is 23.6 Å². The van der Waals surface area contributed by atoms with Gasteiger partial charge in [-0.2, -0.15) is 0 Å². The third-order valence-electron chi connectivity index (χ3n) is 3.42. The Labute approximate surface area is 143 Å². The Morgan fingerprint density at radius 3 is 2.78 bits per heavy atom. The summed E-state index contributed by atoms with van der Waals surface area (Å²) >= 11 is 11.9. The number of piperazine rings is 1. The molecule has 0 bridgehead atoms. The number of halogens is 2. The summed E-state index contributed by atoms with van der Waals surface area (Å²) in [6.45, 7) is 2.49. The number of nitrogens with zero attached hydrogens (tertiary/aromatic N) is 1. The molecule has 1 aromatic carbocycles. The van der Waals surface area contributed by atoms with Crippen LogP contribution in [0.5, 0.6) is 0 Å². The van der Waals surface area contributed by atoms with Gasteiger partial charge in [0.25, 0.3) is 5.91 Å². The second-order valence-corrected chi connectivity index (χ2v) is 5.78. The number of carbonyl (C=O) groups is 3. The topological polar surface area (TPSA) is 75.7 Å². The zero-order chi connectivity index (χ0) is 17.0. The molecule has 0 aromatic heterocycles. The largest absolute Gasteiger partial charge is 0.466 e. The number of esters is 1. The number of hydrogen-bond donors (Lipinski definition) is 1. The highest BCUT2D eigenvalue weighted by Gasteiger charge is 2.36. The molecule has 124 valence electrons. The molecule has 1 aliphatic rings. The van der Waals surface area contributed by atoms with Crippen LogP contribution in [-0.2, 0) is 14.3 Å². The van der Waals surface area contributed by atoms with E-state index in [-0.39, 0.29) is 36.1 Å². The predicted octanol–water partition coefficient (Wildman–Crippen LogP) is 1.89. The molecule has 1 saturated heterocycles.